The van der Waals surface area contributed by atoms with E-state index in [1.54, 1.807) is 0 Å². The van der Waals surface area contributed by atoms with Crippen LogP contribution in [0.15, 0.2) is 0 Å². The summed E-state index contributed by atoms with van der Waals surface area (Å²) in [6, 6.07) is 0. The van der Waals surface area contributed by atoms with E-state index >= 15 is 0 Å². The van der Waals surface area contributed by atoms with Crippen molar-refractivity contribution in [1.82, 2.24) is 0 Å². The summed E-state index contributed by atoms with van der Waals surface area (Å²) in [5.41, 5.74) is 5.14. The molecule has 0 saturated carbocycles. The van der Waals surface area contributed by atoms with E-state index in [9.17, 15) is 0 Å². The summed E-state index contributed by atoms with van der Waals surface area (Å²) in [5, 5.41) is 0. The Balaban J connectivity index is 0. The Morgan fingerprint density at radius 3 is 1.14 bits per heavy atom. The fourth-order valence-corrected chi connectivity index (χ4v) is 1.23. The lowest BCUT2D eigenvalue weighted by Crippen LogP contribution is -1.95. The molecule has 0 unspecified atom stereocenters. The maximum atomic E-state index is 5.14. The van der Waals surface area contributed by atoms with Crippen LogP contribution in [0, 0.1) is 0 Å². The van der Waals surface area contributed by atoms with E-state index < -0.39 is 0 Å². The Kier molecular flexibility index (Phi) is 21.9. The van der Waals surface area contributed by atoms with Crippen molar-refractivity contribution in [3.63, 3.8) is 0 Å². The first-order chi connectivity index (χ1) is 6.83. The summed E-state index contributed by atoms with van der Waals surface area (Å²) in [6.45, 7) is 7.50. The van der Waals surface area contributed by atoms with Gasteiger partial charge in [0.2, 0.25) is 0 Å². The van der Waals surface area contributed by atoms with Crippen LogP contribution in [0.5, 0.6) is 0 Å². The van der Waals surface area contributed by atoms with Gasteiger partial charge in [-0.05, 0) is 13.0 Å². The van der Waals surface area contributed by atoms with Gasteiger partial charge in [-0.2, -0.15) is 0 Å². The van der Waals surface area contributed by atoms with E-state index in [0.29, 0.717) is 0 Å². The maximum Gasteiger partial charge on any atom is -0.00774 e. The zero-order valence-corrected chi connectivity index (χ0v) is 10.6. The van der Waals surface area contributed by atoms with Gasteiger partial charge in [-0.25, -0.2) is 0 Å². The van der Waals surface area contributed by atoms with Crippen molar-refractivity contribution in [1.29, 1.82) is 0 Å². The third-order valence-electron chi connectivity index (χ3n) is 2.26. The maximum absolute atomic E-state index is 5.14. The van der Waals surface area contributed by atoms with Crippen molar-refractivity contribution in [3.8, 4) is 0 Å². The molecule has 0 saturated heterocycles. The lowest BCUT2D eigenvalue weighted by Gasteiger charge is -1.96. The fraction of sp³-hybridized carbons (Fsp3) is 1.00. The average Bonchev–Trinajstić information content (AvgIpc) is 2.20. The van der Waals surface area contributed by atoms with E-state index in [-0.39, 0.29) is 0 Å². The molecule has 88 valence electrons. The molecule has 0 bridgehead atoms. The Morgan fingerprint density at radius 2 is 0.929 bits per heavy atom. The van der Waals surface area contributed by atoms with Gasteiger partial charge in [0.05, 0.1) is 0 Å². The van der Waals surface area contributed by atoms with E-state index in [1.165, 1.54) is 57.8 Å². The molecular weight excluding hydrogens is 170 g/mol. The first-order valence-corrected chi connectivity index (χ1v) is 6.53. The first kappa shape index (κ1) is 16.4. The number of unbranched alkanes of at least 4 members (excludes halogenated alkanes) is 7. The van der Waals surface area contributed by atoms with Gasteiger partial charge in [0.25, 0.3) is 0 Å². The van der Waals surface area contributed by atoms with Crippen LogP contribution >= 0.6 is 0 Å². The van der Waals surface area contributed by atoms with Gasteiger partial charge in [-0.15, -0.1) is 0 Å². The third kappa shape index (κ3) is 22.7. The quantitative estimate of drug-likeness (QED) is 0.575. The SMILES string of the molecule is CCCCCCCCC.CCCCN. The Morgan fingerprint density at radius 1 is 0.571 bits per heavy atom. The largest absolute Gasteiger partial charge is 0.330 e. The number of nitrogens with two attached hydrogens (primary N) is 1. The third-order valence-corrected chi connectivity index (χ3v) is 2.26. The molecule has 0 heterocycles. The summed E-state index contributed by atoms with van der Waals surface area (Å²) in [7, 11) is 0. The molecule has 0 aliphatic rings. The molecule has 0 rings (SSSR count). The molecule has 0 aromatic rings. The molecule has 0 aliphatic carbocycles. The van der Waals surface area contributed by atoms with Gasteiger partial charge in [0.15, 0.2) is 0 Å². The summed E-state index contributed by atoms with van der Waals surface area (Å²) in [6.07, 6.45) is 12.4. The molecule has 0 aromatic heterocycles. The second-order valence-corrected chi connectivity index (χ2v) is 3.91. The molecule has 2 N–H and O–H groups in total. The Bertz CT molecular complexity index is 63.6. The van der Waals surface area contributed by atoms with Crippen LogP contribution in [0.4, 0.5) is 0 Å². The molecule has 0 radical (unpaired) electrons. The Hall–Kier alpha value is -0.0400. The standard InChI is InChI=1S/C9H20.C4H11N/c1-3-5-7-9-8-6-4-2;1-2-3-4-5/h3-9H2,1-2H3;2-5H2,1H3. The summed E-state index contributed by atoms with van der Waals surface area (Å²) in [4.78, 5) is 0. The second kappa shape index (κ2) is 18.7. The lowest BCUT2D eigenvalue weighted by molar-refractivity contribution is 0.602. The lowest BCUT2D eigenvalue weighted by atomic mass is 10.1. The van der Waals surface area contributed by atoms with Gasteiger partial charge in [-0.1, -0.05) is 72.1 Å². The molecule has 0 aromatic carbocycles. The van der Waals surface area contributed by atoms with Gasteiger partial charge in [0, 0.05) is 0 Å². The van der Waals surface area contributed by atoms with E-state index in [4.69, 9.17) is 5.73 Å². The van der Waals surface area contributed by atoms with Crippen LogP contribution in [-0.4, -0.2) is 6.54 Å². The minimum atomic E-state index is 0.844. The topological polar surface area (TPSA) is 26.0 Å². The average molecular weight is 201 g/mol. The van der Waals surface area contributed by atoms with E-state index in [0.717, 1.165) is 6.54 Å². The zero-order chi connectivity index (χ0) is 11.1. The van der Waals surface area contributed by atoms with Gasteiger partial charge >= 0.3 is 0 Å². The Labute approximate surface area is 91.5 Å². The molecule has 0 atom stereocenters. The summed E-state index contributed by atoms with van der Waals surface area (Å²) >= 11 is 0. The summed E-state index contributed by atoms with van der Waals surface area (Å²) in [5.74, 6) is 0. The van der Waals surface area contributed by atoms with Crippen LogP contribution in [-0.2, 0) is 0 Å². The normalized spacial score (nSPS) is 9.43. The van der Waals surface area contributed by atoms with Crippen molar-refractivity contribution in [3.05, 3.63) is 0 Å². The predicted octanol–water partition coefficient (Wildman–Crippen LogP) is 4.50. The van der Waals surface area contributed by atoms with Crippen molar-refractivity contribution in [2.45, 2.75) is 78.6 Å². The molecule has 0 aliphatic heterocycles. The molecule has 0 spiro atoms. The molecule has 0 amide bonds. The monoisotopic (exact) mass is 201 g/mol. The fourth-order valence-electron chi connectivity index (χ4n) is 1.23. The van der Waals surface area contributed by atoms with Crippen LogP contribution in [0.2, 0.25) is 0 Å². The zero-order valence-electron chi connectivity index (χ0n) is 10.6. The van der Waals surface area contributed by atoms with E-state index in [1.807, 2.05) is 0 Å². The van der Waals surface area contributed by atoms with Crippen LogP contribution < -0.4 is 5.73 Å². The number of rotatable bonds is 8. The van der Waals surface area contributed by atoms with Gasteiger partial charge < -0.3 is 5.73 Å². The van der Waals surface area contributed by atoms with Crippen molar-refractivity contribution in [2.24, 2.45) is 5.73 Å². The van der Waals surface area contributed by atoms with Gasteiger partial charge in [0.1, 0.15) is 0 Å². The highest BCUT2D eigenvalue weighted by Crippen LogP contribution is 2.05. The second-order valence-electron chi connectivity index (χ2n) is 3.91. The molecule has 1 heteroatoms. The van der Waals surface area contributed by atoms with Crippen molar-refractivity contribution in [2.75, 3.05) is 6.54 Å². The predicted molar refractivity (Wildman–Crippen MR) is 67.6 cm³/mol. The van der Waals surface area contributed by atoms with E-state index in [2.05, 4.69) is 20.8 Å². The molecular formula is C13H31N. The molecule has 1 nitrogen and oxygen atoms in total. The molecule has 0 fully saturated rings. The minimum Gasteiger partial charge on any atom is -0.330 e. The minimum absolute atomic E-state index is 0.844. The smallest absolute Gasteiger partial charge is 0.00774 e. The van der Waals surface area contributed by atoms with Gasteiger partial charge in [-0.3, -0.25) is 0 Å². The highest BCUT2D eigenvalue weighted by atomic mass is 14.5. The first-order valence-electron chi connectivity index (χ1n) is 6.53. The van der Waals surface area contributed by atoms with Crippen molar-refractivity contribution >= 4 is 0 Å². The van der Waals surface area contributed by atoms with Crippen LogP contribution in [0.25, 0.3) is 0 Å². The number of hydrogen-bond donors (Lipinski definition) is 1. The summed E-state index contributed by atoms with van der Waals surface area (Å²) < 4.78 is 0. The molecule has 14 heavy (non-hydrogen) atoms. The van der Waals surface area contributed by atoms with Crippen molar-refractivity contribution < 1.29 is 0 Å². The number of hydrogen-bond acceptors (Lipinski definition) is 1. The van der Waals surface area contributed by atoms with Crippen LogP contribution in [0.1, 0.15) is 78.6 Å². The highest BCUT2D eigenvalue weighted by Gasteiger charge is 1.85. The van der Waals surface area contributed by atoms with Crippen LogP contribution in [0.3, 0.4) is 0 Å². The highest BCUT2D eigenvalue weighted by molar-refractivity contribution is 4.41.